The molecule has 0 amide bonds. The predicted octanol–water partition coefficient (Wildman–Crippen LogP) is 6.60. The van der Waals surface area contributed by atoms with Gasteiger partial charge in [-0.3, -0.25) is 0 Å². The van der Waals surface area contributed by atoms with E-state index in [1.165, 1.54) is 43.2 Å². The number of hydrogen-bond donors (Lipinski definition) is 0. The third kappa shape index (κ3) is 3.67. The van der Waals surface area contributed by atoms with Crippen LogP contribution in [0.1, 0.15) is 62.6 Å². The lowest BCUT2D eigenvalue weighted by Crippen LogP contribution is -2.41. The van der Waals surface area contributed by atoms with Gasteiger partial charge in [-0.05, 0) is 78.8 Å². The fourth-order valence-corrected chi connectivity index (χ4v) is 5.16. The Hall–Kier alpha value is -2.29. The lowest BCUT2D eigenvalue weighted by molar-refractivity contribution is 0.147. The smallest absolute Gasteiger partial charge is 0.395 e. The number of ether oxygens (including phenoxy) is 2. The van der Waals surface area contributed by atoms with Crippen LogP contribution in [0.3, 0.4) is 0 Å². The molecule has 0 aliphatic heterocycles. The first kappa shape index (κ1) is 19.0. The van der Waals surface area contributed by atoms with E-state index in [4.69, 9.17) is 9.47 Å². The van der Waals surface area contributed by atoms with E-state index < -0.39 is 6.16 Å². The van der Waals surface area contributed by atoms with Crippen molar-refractivity contribution in [2.45, 2.75) is 64.7 Å². The second-order valence-corrected chi connectivity index (χ2v) is 8.86. The van der Waals surface area contributed by atoms with Crippen LogP contribution < -0.4 is 9.47 Å². The molecule has 1 fully saturated rings. The van der Waals surface area contributed by atoms with Crippen molar-refractivity contribution in [1.29, 1.82) is 0 Å². The molecule has 28 heavy (non-hydrogen) atoms. The normalized spacial score (nSPS) is 26.5. The number of carbonyl (C=O) groups is 1. The number of rotatable bonds is 2. The Morgan fingerprint density at radius 1 is 1.00 bits per heavy atom. The van der Waals surface area contributed by atoms with Crippen LogP contribution in [0.15, 0.2) is 42.5 Å². The Balaban J connectivity index is 1.55. The molecule has 0 heterocycles. The molecule has 2 bridgehead atoms. The van der Waals surface area contributed by atoms with E-state index in [0.29, 0.717) is 17.4 Å². The van der Waals surface area contributed by atoms with Gasteiger partial charge in [0.2, 0.25) is 0 Å². The Labute approximate surface area is 168 Å². The maximum absolute atomic E-state index is 12.2. The summed E-state index contributed by atoms with van der Waals surface area (Å²) in [7, 11) is 0. The van der Waals surface area contributed by atoms with Crippen LogP contribution in [-0.4, -0.2) is 6.16 Å². The Morgan fingerprint density at radius 2 is 1.71 bits per heavy atom. The van der Waals surface area contributed by atoms with Gasteiger partial charge in [0.15, 0.2) is 0 Å². The molecule has 0 saturated heterocycles. The van der Waals surface area contributed by atoms with E-state index in [9.17, 15) is 4.79 Å². The zero-order valence-electron chi connectivity index (χ0n) is 17.2. The monoisotopic (exact) mass is 378 g/mol. The van der Waals surface area contributed by atoms with Crippen molar-refractivity contribution in [2.75, 3.05) is 0 Å². The minimum absolute atomic E-state index is 0.152. The number of hydrogen-bond acceptors (Lipinski definition) is 3. The van der Waals surface area contributed by atoms with Gasteiger partial charge in [-0.25, -0.2) is 4.79 Å². The third-order valence-electron chi connectivity index (χ3n) is 7.09. The van der Waals surface area contributed by atoms with Crippen molar-refractivity contribution in [2.24, 2.45) is 11.8 Å². The predicted molar refractivity (Wildman–Crippen MR) is 111 cm³/mol. The summed E-state index contributed by atoms with van der Waals surface area (Å²) in [4.78, 5) is 12.2. The van der Waals surface area contributed by atoms with Gasteiger partial charge in [0.1, 0.15) is 11.5 Å². The molecule has 0 spiro atoms. The Bertz CT molecular complexity index is 855. The topological polar surface area (TPSA) is 35.5 Å². The van der Waals surface area contributed by atoms with E-state index in [-0.39, 0.29) is 5.41 Å². The molecule has 3 heteroatoms. The van der Waals surface area contributed by atoms with Crippen LogP contribution in [0, 0.1) is 18.8 Å². The third-order valence-corrected chi connectivity index (χ3v) is 7.09. The molecule has 2 aliphatic carbocycles. The van der Waals surface area contributed by atoms with Gasteiger partial charge < -0.3 is 9.47 Å². The summed E-state index contributed by atoms with van der Waals surface area (Å²) >= 11 is 0. The molecule has 3 nitrogen and oxygen atoms in total. The highest BCUT2D eigenvalue weighted by atomic mass is 16.7. The van der Waals surface area contributed by atoms with Crippen molar-refractivity contribution in [3.05, 3.63) is 59.2 Å². The van der Waals surface area contributed by atoms with Crippen LogP contribution in [0.2, 0.25) is 0 Å². The highest BCUT2D eigenvalue weighted by molar-refractivity contribution is 5.67. The van der Waals surface area contributed by atoms with Gasteiger partial charge in [-0.15, -0.1) is 0 Å². The Kier molecular flexibility index (Phi) is 5.18. The largest absolute Gasteiger partial charge is 0.519 e. The van der Waals surface area contributed by atoms with Gasteiger partial charge in [0.05, 0.1) is 0 Å². The molecule has 148 valence electrons. The second-order valence-electron chi connectivity index (χ2n) is 8.86. The average Bonchev–Trinajstić information content (AvgIpc) is 2.67. The average molecular weight is 379 g/mol. The molecule has 0 radical (unpaired) electrons. The Morgan fingerprint density at radius 3 is 2.50 bits per heavy atom. The summed E-state index contributed by atoms with van der Waals surface area (Å²) in [5.74, 6) is 2.48. The highest BCUT2D eigenvalue weighted by Gasteiger charge is 2.43. The summed E-state index contributed by atoms with van der Waals surface area (Å²) < 4.78 is 10.8. The quantitative estimate of drug-likeness (QED) is 0.436. The molecule has 1 saturated carbocycles. The molecule has 2 aromatic rings. The minimum atomic E-state index is -0.687. The van der Waals surface area contributed by atoms with Crippen molar-refractivity contribution in [1.82, 2.24) is 0 Å². The summed E-state index contributed by atoms with van der Waals surface area (Å²) in [5, 5.41) is 0. The first-order valence-electron chi connectivity index (χ1n) is 10.6. The maximum Gasteiger partial charge on any atom is 0.519 e. The second kappa shape index (κ2) is 7.62. The van der Waals surface area contributed by atoms with Crippen LogP contribution in [0.25, 0.3) is 0 Å². The molecule has 2 aromatic carbocycles. The van der Waals surface area contributed by atoms with E-state index in [1.807, 2.05) is 25.1 Å². The van der Waals surface area contributed by atoms with Gasteiger partial charge in [0.25, 0.3) is 0 Å². The summed E-state index contributed by atoms with van der Waals surface area (Å²) in [5.41, 5.74) is 4.06. The standard InChI is InChI=1S/C25H30O3/c1-17-8-11-21(12-9-17)27-24(26)28-22-13-10-20-15-19-7-5-4-6-14-25(3,18(19)2)23(20)16-22/h8-13,16,18-19H,4-7,14-15H2,1-3H3/t18-,19-,25-/m0/s1. The zero-order valence-corrected chi connectivity index (χ0v) is 17.2. The molecular weight excluding hydrogens is 348 g/mol. The van der Waals surface area contributed by atoms with Crippen LogP contribution in [0.4, 0.5) is 4.79 Å². The highest BCUT2D eigenvalue weighted by Crippen LogP contribution is 2.50. The van der Waals surface area contributed by atoms with Crippen molar-refractivity contribution in [3.63, 3.8) is 0 Å². The molecule has 0 unspecified atom stereocenters. The summed E-state index contributed by atoms with van der Waals surface area (Å²) in [6, 6.07) is 13.5. The van der Waals surface area contributed by atoms with Crippen LogP contribution in [-0.2, 0) is 11.8 Å². The van der Waals surface area contributed by atoms with Gasteiger partial charge in [0, 0.05) is 0 Å². The molecular formula is C25H30O3. The molecule has 0 aromatic heterocycles. The number of benzene rings is 2. The molecule has 4 rings (SSSR count). The molecule has 0 N–H and O–H groups in total. The number of aryl methyl sites for hydroxylation is 1. The lowest BCUT2D eigenvalue weighted by Gasteiger charge is -2.47. The number of fused-ring (bicyclic) bond motifs is 4. The van der Waals surface area contributed by atoms with Crippen LogP contribution >= 0.6 is 0 Å². The van der Waals surface area contributed by atoms with E-state index in [0.717, 1.165) is 17.9 Å². The van der Waals surface area contributed by atoms with E-state index in [1.54, 1.807) is 12.1 Å². The zero-order chi connectivity index (χ0) is 19.7. The van der Waals surface area contributed by atoms with E-state index in [2.05, 4.69) is 26.0 Å². The van der Waals surface area contributed by atoms with Crippen molar-refractivity contribution in [3.8, 4) is 11.5 Å². The summed E-state index contributed by atoms with van der Waals surface area (Å²) in [6.45, 7) is 6.82. The minimum Gasteiger partial charge on any atom is -0.395 e. The first-order valence-corrected chi connectivity index (χ1v) is 10.6. The maximum atomic E-state index is 12.2. The fraction of sp³-hybridized carbons (Fsp3) is 0.480. The summed E-state index contributed by atoms with van der Waals surface area (Å²) in [6.07, 6.45) is 6.94. The molecule has 3 atom stereocenters. The lowest BCUT2D eigenvalue weighted by atomic mass is 9.57. The first-order chi connectivity index (χ1) is 13.5. The van der Waals surface area contributed by atoms with Gasteiger partial charge >= 0.3 is 6.16 Å². The SMILES string of the molecule is Cc1ccc(OC(=O)Oc2ccc3c(c2)[C@@]2(C)CCCCC[C@@H](C3)[C@@H]2C)cc1. The van der Waals surface area contributed by atoms with Crippen LogP contribution in [0.5, 0.6) is 11.5 Å². The van der Waals surface area contributed by atoms with Crippen molar-refractivity contribution < 1.29 is 14.3 Å². The molecule has 2 aliphatic rings. The van der Waals surface area contributed by atoms with Gasteiger partial charge in [-0.2, -0.15) is 0 Å². The van der Waals surface area contributed by atoms with E-state index >= 15 is 0 Å². The number of carbonyl (C=O) groups excluding carboxylic acids is 1. The fourth-order valence-electron chi connectivity index (χ4n) is 5.16. The van der Waals surface area contributed by atoms with Gasteiger partial charge in [-0.1, -0.05) is 56.9 Å². The van der Waals surface area contributed by atoms with Crippen molar-refractivity contribution >= 4 is 6.16 Å².